The molecule has 0 saturated carbocycles. The summed E-state index contributed by atoms with van der Waals surface area (Å²) in [6.07, 6.45) is 2.19. The normalized spacial score (nSPS) is 20.6. The van der Waals surface area contributed by atoms with Crippen molar-refractivity contribution < 1.29 is 13.9 Å². The third-order valence-corrected chi connectivity index (χ3v) is 4.41. The van der Waals surface area contributed by atoms with Crippen molar-refractivity contribution in [2.24, 2.45) is 7.05 Å². The van der Waals surface area contributed by atoms with Gasteiger partial charge in [0.2, 0.25) is 0 Å². The monoisotopic (exact) mass is 328 g/mol. The SMILES string of the molecule is Cn1nccc1[C@H]1OCC[C@@H]1NC(=O)c1cc2c(F)cccc2[nH]1. The van der Waals surface area contributed by atoms with E-state index in [1.165, 1.54) is 12.1 Å². The van der Waals surface area contributed by atoms with E-state index in [4.69, 9.17) is 4.74 Å². The highest BCUT2D eigenvalue weighted by Crippen LogP contribution is 2.29. The molecule has 6 nitrogen and oxygen atoms in total. The number of aryl methyl sites for hydroxylation is 1. The molecule has 0 bridgehead atoms. The highest BCUT2D eigenvalue weighted by atomic mass is 19.1. The highest BCUT2D eigenvalue weighted by molar-refractivity contribution is 5.98. The summed E-state index contributed by atoms with van der Waals surface area (Å²) in [5.41, 5.74) is 1.86. The van der Waals surface area contributed by atoms with Crippen LogP contribution in [0.25, 0.3) is 10.9 Å². The summed E-state index contributed by atoms with van der Waals surface area (Å²) in [6.45, 7) is 0.572. The van der Waals surface area contributed by atoms with Crippen molar-refractivity contribution in [1.82, 2.24) is 20.1 Å². The van der Waals surface area contributed by atoms with Crippen LogP contribution < -0.4 is 5.32 Å². The largest absolute Gasteiger partial charge is 0.370 e. The third kappa shape index (κ3) is 2.46. The van der Waals surface area contributed by atoms with Crippen molar-refractivity contribution >= 4 is 16.8 Å². The average Bonchev–Trinajstić information content (AvgIpc) is 3.26. The number of amides is 1. The molecular formula is C17H17FN4O2. The van der Waals surface area contributed by atoms with Gasteiger partial charge in [0.25, 0.3) is 5.91 Å². The Labute approximate surface area is 137 Å². The molecule has 7 heteroatoms. The van der Waals surface area contributed by atoms with Crippen LogP contribution in [-0.4, -0.2) is 33.3 Å². The number of carbonyl (C=O) groups excluding carboxylic acids is 1. The first-order chi connectivity index (χ1) is 11.6. The van der Waals surface area contributed by atoms with Crippen LogP contribution in [0.15, 0.2) is 36.5 Å². The van der Waals surface area contributed by atoms with Crippen molar-refractivity contribution in [1.29, 1.82) is 0 Å². The zero-order chi connectivity index (χ0) is 16.7. The van der Waals surface area contributed by atoms with Crippen LogP contribution in [0.1, 0.15) is 28.7 Å². The second-order valence-corrected chi connectivity index (χ2v) is 5.92. The predicted octanol–water partition coefficient (Wildman–Crippen LogP) is 2.30. The smallest absolute Gasteiger partial charge is 0.268 e. The van der Waals surface area contributed by atoms with Crippen molar-refractivity contribution in [2.75, 3.05) is 6.61 Å². The summed E-state index contributed by atoms with van der Waals surface area (Å²) in [7, 11) is 1.84. The van der Waals surface area contributed by atoms with Crippen LogP contribution in [0.5, 0.6) is 0 Å². The minimum atomic E-state index is -0.347. The van der Waals surface area contributed by atoms with Crippen molar-refractivity contribution in [3.05, 3.63) is 53.7 Å². The van der Waals surface area contributed by atoms with Crippen molar-refractivity contribution in [3.63, 3.8) is 0 Å². The van der Waals surface area contributed by atoms with Gasteiger partial charge in [-0.2, -0.15) is 5.10 Å². The molecule has 1 amide bonds. The zero-order valence-electron chi connectivity index (χ0n) is 13.1. The van der Waals surface area contributed by atoms with Gasteiger partial charge in [0.05, 0.1) is 11.7 Å². The molecule has 2 atom stereocenters. The fourth-order valence-electron chi connectivity index (χ4n) is 3.18. The van der Waals surface area contributed by atoms with Crippen molar-refractivity contribution in [2.45, 2.75) is 18.6 Å². The lowest BCUT2D eigenvalue weighted by Crippen LogP contribution is -2.37. The number of hydrogen-bond acceptors (Lipinski definition) is 3. The first-order valence-corrected chi connectivity index (χ1v) is 7.81. The quantitative estimate of drug-likeness (QED) is 0.775. The topological polar surface area (TPSA) is 71.9 Å². The van der Waals surface area contributed by atoms with Crippen LogP contribution in [0, 0.1) is 5.82 Å². The Kier molecular flexibility index (Phi) is 3.57. The maximum absolute atomic E-state index is 13.8. The second-order valence-electron chi connectivity index (χ2n) is 5.92. The van der Waals surface area contributed by atoms with Gasteiger partial charge in [0.1, 0.15) is 17.6 Å². The van der Waals surface area contributed by atoms with E-state index in [0.717, 1.165) is 12.1 Å². The molecule has 1 aromatic carbocycles. The molecule has 2 N–H and O–H groups in total. The van der Waals surface area contributed by atoms with Gasteiger partial charge in [0, 0.05) is 30.8 Å². The Morgan fingerprint density at radius 2 is 2.33 bits per heavy atom. The van der Waals surface area contributed by atoms with E-state index in [1.807, 2.05) is 13.1 Å². The molecule has 1 saturated heterocycles. The number of halogens is 1. The zero-order valence-corrected chi connectivity index (χ0v) is 13.1. The van der Waals surface area contributed by atoms with E-state index in [9.17, 15) is 9.18 Å². The standard InChI is InChI=1S/C17H17FN4O2/c1-22-15(5-7-19-22)16-13(6-8-24-16)21-17(23)14-9-10-11(18)3-2-4-12(10)20-14/h2-5,7,9,13,16,20H,6,8H2,1H3,(H,21,23)/t13-,16-/m0/s1. The maximum atomic E-state index is 13.8. The molecule has 0 unspecified atom stereocenters. The molecule has 24 heavy (non-hydrogen) atoms. The molecule has 3 aromatic rings. The Morgan fingerprint density at radius 1 is 1.46 bits per heavy atom. The molecule has 1 aliphatic heterocycles. The van der Waals surface area contributed by atoms with E-state index in [-0.39, 0.29) is 23.9 Å². The molecule has 1 aliphatic rings. The number of rotatable bonds is 3. The molecule has 0 radical (unpaired) electrons. The van der Waals surface area contributed by atoms with Crippen LogP contribution in [0.2, 0.25) is 0 Å². The van der Waals surface area contributed by atoms with Crippen LogP contribution >= 0.6 is 0 Å². The Hall–Kier alpha value is -2.67. The van der Waals surface area contributed by atoms with Gasteiger partial charge in [0.15, 0.2) is 0 Å². The van der Waals surface area contributed by atoms with Gasteiger partial charge in [-0.15, -0.1) is 0 Å². The summed E-state index contributed by atoms with van der Waals surface area (Å²) < 4.78 is 21.3. The molecule has 2 aromatic heterocycles. The molecule has 4 rings (SSSR count). The van der Waals surface area contributed by atoms with Crippen molar-refractivity contribution in [3.8, 4) is 0 Å². The molecule has 0 aliphatic carbocycles. The number of aromatic nitrogens is 3. The summed E-state index contributed by atoms with van der Waals surface area (Å²) in [4.78, 5) is 15.5. The van der Waals surface area contributed by atoms with Gasteiger partial charge >= 0.3 is 0 Å². The van der Waals surface area contributed by atoms with E-state index in [0.29, 0.717) is 23.2 Å². The lowest BCUT2D eigenvalue weighted by Gasteiger charge is -2.19. The minimum Gasteiger partial charge on any atom is -0.370 e. The lowest BCUT2D eigenvalue weighted by molar-refractivity contribution is 0.0790. The second kappa shape index (κ2) is 5.76. The number of aromatic amines is 1. The number of nitrogens with one attached hydrogen (secondary N) is 2. The summed E-state index contributed by atoms with van der Waals surface area (Å²) in [5.74, 6) is -0.618. The fraction of sp³-hybridized carbons (Fsp3) is 0.294. The number of hydrogen-bond donors (Lipinski definition) is 2. The lowest BCUT2D eigenvalue weighted by atomic mass is 10.1. The number of carbonyl (C=O) groups is 1. The number of fused-ring (bicyclic) bond motifs is 1. The van der Waals surface area contributed by atoms with E-state index in [2.05, 4.69) is 15.4 Å². The summed E-state index contributed by atoms with van der Waals surface area (Å²) in [6, 6.07) is 8.00. The van der Waals surface area contributed by atoms with Crippen LogP contribution in [-0.2, 0) is 11.8 Å². The number of H-pyrrole nitrogens is 1. The number of benzene rings is 1. The van der Waals surface area contributed by atoms with E-state index in [1.54, 1.807) is 23.0 Å². The molecule has 3 heterocycles. The third-order valence-electron chi connectivity index (χ3n) is 4.41. The van der Waals surface area contributed by atoms with Gasteiger partial charge in [-0.25, -0.2) is 4.39 Å². The van der Waals surface area contributed by atoms with Gasteiger partial charge < -0.3 is 15.0 Å². The van der Waals surface area contributed by atoms with Crippen LogP contribution in [0.3, 0.4) is 0 Å². The molecular weight excluding hydrogens is 311 g/mol. The average molecular weight is 328 g/mol. The Balaban J connectivity index is 1.56. The number of nitrogens with zero attached hydrogens (tertiary/aromatic N) is 2. The highest BCUT2D eigenvalue weighted by Gasteiger charge is 2.33. The molecule has 0 spiro atoms. The molecule has 1 fully saturated rings. The van der Waals surface area contributed by atoms with Gasteiger partial charge in [-0.05, 0) is 30.7 Å². The van der Waals surface area contributed by atoms with Gasteiger partial charge in [-0.1, -0.05) is 6.07 Å². The Morgan fingerprint density at radius 3 is 3.08 bits per heavy atom. The maximum Gasteiger partial charge on any atom is 0.268 e. The first-order valence-electron chi connectivity index (χ1n) is 7.81. The first kappa shape index (κ1) is 14.9. The van der Waals surface area contributed by atoms with Crippen LogP contribution in [0.4, 0.5) is 4.39 Å². The minimum absolute atomic E-state index is 0.149. The summed E-state index contributed by atoms with van der Waals surface area (Å²) >= 11 is 0. The summed E-state index contributed by atoms with van der Waals surface area (Å²) in [5, 5.41) is 7.54. The molecule has 124 valence electrons. The fourth-order valence-corrected chi connectivity index (χ4v) is 3.18. The van der Waals surface area contributed by atoms with Gasteiger partial charge in [-0.3, -0.25) is 9.48 Å². The number of ether oxygens (including phenoxy) is 1. The van der Waals surface area contributed by atoms with E-state index < -0.39 is 0 Å². The van der Waals surface area contributed by atoms with E-state index >= 15 is 0 Å². The predicted molar refractivity (Wildman–Crippen MR) is 86.0 cm³/mol. The Bertz CT molecular complexity index is 901.